The molecule has 8 nitrogen and oxygen atoms in total. The molecule has 31 heavy (non-hydrogen) atoms. The summed E-state index contributed by atoms with van der Waals surface area (Å²) < 4.78 is 5.37. The largest absolute Gasteiger partial charge is 0.508 e. The lowest BCUT2D eigenvalue weighted by Gasteiger charge is -2.26. The van der Waals surface area contributed by atoms with Crippen molar-refractivity contribution >= 4 is 51.1 Å². The van der Waals surface area contributed by atoms with Gasteiger partial charge in [-0.15, -0.1) is 0 Å². The fraction of sp³-hybridized carbons (Fsp3) is 0.381. The summed E-state index contributed by atoms with van der Waals surface area (Å²) in [6.07, 6.45) is 4.66. The number of aromatic nitrogens is 1. The molecule has 0 unspecified atom stereocenters. The van der Waals surface area contributed by atoms with Crippen molar-refractivity contribution in [1.29, 1.82) is 0 Å². The van der Waals surface area contributed by atoms with Gasteiger partial charge in [-0.25, -0.2) is 9.98 Å². The number of hydrogen-bond donors (Lipinski definition) is 3. The van der Waals surface area contributed by atoms with Crippen LogP contribution in [0.2, 0.25) is 0 Å². The second-order valence-corrected chi connectivity index (χ2v) is 9.35. The van der Waals surface area contributed by atoms with Crippen LogP contribution in [0.3, 0.4) is 0 Å². The van der Waals surface area contributed by atoms with Gasteiger partial charge >= 0.3 is 0 Å². The number of rotatable bonds is 7. The summed E-state index contributed by atoms with van der Waals surface area (Å²) in [5.74, 6) is 0.0226. The quantitative estimate of drug-likeness (QED) is 0.432. The number of thiazole rings is 1. The third-order valence-electron chi connectivity index (χ3n) is 4.88. The number of hydrogen-bond acceptors (Lipinski definition) is 9. The van der Waals surface area contributed by atoms with Crippen LogP contribution in [0.5, 0.6) is 5.75 Å². The SMILES string of the molecule is Cc1cc(O)ccc1N=C1NC(=O)C(=Cc2cnc(NCCCN3CCOCC3)s2)S1. The number of morpholine rings is 1. The number of nitrogens with one attached hydrogen (secondary N) is 2. The van der Waals surface area contributed by atoms with Crippen LogP contribution >= 0.6 is 23.1 Å². The third-order valence-corrected chi connectivity index (χ3v) is 6.69. The normalized spacial score (nSPS) is 19.8. The molecule has 0 bridgehead atoms. The van der Waals surface area contributed by atoms with Gasteiger partial charge in [0.25, 0.3) is 5.91 Å². The molecule has 0 saturated carbocycles. The number of phenols is 1. The predicted octanol–water partition coefficient (Wildman–Crippen LogP) is 3.18. The second kappa shape index (κ2) is 10.3. The average molecular weight is 460 g/mol. The van der Waals surface area contributed by atoms with E-state index in [4.69, 9.17) is 4.74 Å². The maximum atomic E-state index is 12.3. The first kappa shape index (κ1) is 21.8. The monoisotopic (exact) mass is 459 g/mol. The summed E-state index contributed by atoms with van der Waals surface area (Å²) in [5.41, 5.74) is 1.55. The molecule has 4 rings (SSSR count). The number of ether oxygens (including phenoxy) is 1. The summed E-state index contributed by atoms with van der Waals surface area (Å²) in [6, 6.07) is 4.95. The Labute approximate surface area is 189 Å². The Morgan fingerprint density at radius 2 is 2.23 bits per heavy atom. The predicted molar refractivity (Wildman–Crippen MR) is 126 cm³/mol. The molecule has 3 heterocycles. The molecule has 2 aliphatic heterocycles. The van der Waals surface area contributed by atoms with Crippen molar-refractivity contribution in [2.24, 2.45) is 4.99 Å². The molecule has 0 spiro atoms. The van der Waals surface area contributed by atoms with E-state index in [1.807, 2.05) is 13.0 Å². The number of amides is 1. The van der Waals surface area contributed by atoms with Crippen molar-refractivity contribution in [2.75, 3.05) is 44.7 Å². The number of aryl methyl sites for hydroxylation is 1. The molecule has 2 aromatic rings. The highest BCUT2D eigenvalue weighted by atomic mass is 32.2. The molecule has 0 atom stereocenters. The molecule has 3 N–H and O–H groups in total. The van der Waals surface area contributed by atoms with Crippen LogP contribution in [-0.4, -0.2) is 65.5 Å². The summed E-state index contributed by atoms with van der Waals surface area (Å²) in [5, 5.41) is 17.1. The lowest BCUT2D eigenvalue weighted by atomic mass is 10.2. The van der Waals surface area contributed by atoms with Crippen molar-refractivity contribution in [3.63, 3.8) is 0 Å². The number of carbonyl (C=O) groups is 1. The first-order valence-electron chi connectivity index (χ1n) is 10.2. The van der Waals surface area contributed by atoms with Crippen molar-refractivity contribution in [3.8, 4) is 5.75 Å². The highest BCUT2D eigenvalue weighted by Crippen LogP contribution is 2.31. The fourth-order valence-corrected chi connectivity index (χ4v) is 4.93. The van der Waals surface area contributed by atoms with Crippen LogP contribution in [0, 0.1) is 6.92 Å². The molecule has 10 heteroatoms. The van der Waals surface area contributed by atoms with Gasteiger partial charge in [-0.3, -0.25) is 9.69 Å². The van der Waals surface area contributed by atoms with Crippen LogP contribution < -0.4 is 10.6 Å². The number of anilines is 1. The van der Waals surface area contributed by atoms with Gasteiger partial charge in [0.2, 0.25) is 0 Å². The molecule has 1 amide bonds. The van der Waals surface area contributed by atoms with Crippen molar-refractivity contribution < 1.29 is 14.6 Å². The van der Waals surface area contributed by atoms with Crippen LogP contribution in [0.25, 0.3) is 6.08 Å². The number of nitrogens with zero attached hydrogens (tertiary/aromatic N) is 3. The van der Waals surface area contributed by atoms with Gasteiger partial charge < -0.3 is 20.5 Å². The number of benzene rings is 1. The van der Waals surface area contributed by atoms with Crippen molar-refractivity contribution in [2.45, 2.75) is 13.3 Å². The van der Waals surface area contributed by atoms with E-state index in [2.05, 4.69) is 25.5 Å². The number of thioether (sulfide) groups is 1. The molecule has 164 valence electrons. The molecule has 0 radical (unpaired) electrons. The Morgan fingerprint density at radius 3 is 3.03 bits per heavy atom. The van der Waals surface area contributed by atoms with Crippen LogP contribution in [0.4, 0.5) is 10.8 Å². The maximum absolute atomic E-state index is 12.3. The van der Waals surface area contributed by atoms with E-state index < -0.39 is 0 Å². The highest BCUT2D eigenvalue weighted by Gasteiger charge is 2.24. The summed E-state index contributed by atoms with van der Waals surface area (Å²) in [4.78, 5) is 25.1. The van der Waals surface area contributed by atoms with E-state index in [1.165, 1.54) is 23.1 Å². The minimum absolute atomic E-state index is 0.173. The van der Waals surface area contributed by atoms with Gasteiger partial charge in [-0.2, -0.15) is 0 Å². The van der Waals surface area contributed by atoms with Crippen LogP contribution in [0.1, 0.15) is 16.9 Å². The summed E-state index contributed by atoms with van der Waals surface area (Å²) in [6.45, 7) is 7.44. The molecule has 2 fully saturated rings. The van der Waals surface area contributed by atoms with E-state index in [0.29, 0.717) is 15.8 Å². The number of carbonyl (C=O) groups excluding carboxylic acids is 1. The second-order valence-electron chi connectivity index (χ2n) is 7.25. The summed E-state index contributed by atoms with van der Waals surface area (Å²) >= 11 is 2.82. The fourth-order valence-electron chi connectivity index (χ4n) is 3.24. The number of amidine groups is 1. The van der Waals surface area contributed by atoms with E-state index in [-0.39, 0.29) is 11.7 Å². The molecule has 1 aromatic heterocycles. The zero-order valence-corrected chi connectivity index (χ0v) is 18.9. The van der Waals surface area contributed by atoms with E-state index in [9.17, 15) is 9.90 Å². The Kier molecular flexibility index (Phi) is 7.23. The average Bonchev–Trinajstić information content (AvgIpc) is 3.34. The zero-order valence-electron chi connectivity index (χ0n) is 17.3. The molecule has 2 saturated heterocycles. The molecular formula is C21H25N5O3S2. The van der Waals surface area contributed by atoms with Crippen molar-refractivity contribution in [1.82, 2.24) is 15.2 Å². The smallest absolute Gasteiger partial charge is 0.264 e. The van der Waals surface area contributed by atoms with Gasteiger partial charge in [0.05, 0.1) is 28.7 Å². The molecular weight excluding hydrogens is 434 g/mol. The Bertz CT molecular complexity index is 999. The lowest BCUT2D eigenvalue weighted by molar-refractivity contribution is -0.115. The molecule has 1 aromatic carbocycles. The topological polar surface area (TPSA) is 99.1 Å². The Balaban J connectivity index is 1.31. The van der Waals surface area contributed by atoms with E-state index >= 15 is 0 Å². The number of aromatic hydroxyl groups is 1. The minimum atomic E-state index is -0.173. The molecule has 2 aliphatic rings. The van der Waals surface area contributed by atoms with Crippen molar-refractivity contribution in [3.05, 3.63) is 39.7 Å². The number of aliphatic imine (C=N–C) groups is 1. The maximum Gasteiger partial charge on any atom is 0.264 e. The minimum Gasteiger partial charge on any atom is -0.508 e. The lowest BCUT2D eigenvalue weighted by Crippen LogP contribution is -2.37. The van der Waals surface area contributed by atoms with Gasteiger partial charge in [-0.05, 0) is 61.5 Å². The van der Waals surface area contributed by atoms with Gasteiger partial charge in [0.1, 0.15) is 5.75 Å². The van der Waals surface area contributed by atoms with Gasteiger partial charge in [0.15, 0.2) is 10.3 Å². The Morgan fingerprint density at radius 1 is 1.39 bits per heavy atom. The van der Waals surface area contributed by atoms with Crippen LogP contribution in [0.15, 0.2) is 34.3 Å². The van der Waals surface area contributed by atoms with E-state index in [0.717, 1.165) is 61.4 Å². The highest BCUT2D eigenvalue weighted by molar-refractivity contribution is 8.18. The standard InChI is InChI=1S/C21H25N5O3S2/c1-14-11-15(27)3-4-17(14)24-21-25-19(28)18(31-21)12-16-13-23-20(30-16)22-5-2-6-26-7-9-29-10-8-26/h3-4,11-13,27H,2,5-10H2,1H3,(H,22,23)(H,24,25,28). The van der Waals surface area contributed by atoms with Gasteiger partial charge in [0, 0.05) is 25.8 Å². The first-order chi connectivity index (χ1) is 15.1. The number of phenolic OH excluding ortho intramolecular Hbond substituents is 1. The van der Waals surface area contributed by atoms with Gasteiger partial charge in [-0.1, -0.05) is 11.3 Å². The third kappa shape index (κ3) is 6.07. The summed E-state index contributed by atoms with van der Waals surface area (Å²) in [7, 11) is 0. The molecule has 0 aliphatic carbocycles. The first-order valence-corrected chi connectivity index (χ1v) is 11.8. The van der Waals surface area contributed by atoms with E-state index in [1.54, 1.807) is 24.4 Å². The zero-order chi connectivity index (χ0) is 21.6. The van der Waals surface area contributed by atoms with Crippen LogP contribution in [-0.2, 0) is 9.53 Å². The Hall–Kier alpha value is -2.40.